The topological polar surface area (TPSA) is 90.9 Å². The van der Waals surface area contributed by atoms with Gasteiger partial charge in [0, 0.05) is 45.7 Å². The van der Waals surface area contributed by atoms with Gasteiger partial charge >= 0.3 is 0 Å². The summed E-state index contributed by atoms with van der Waals surface area (Å²) < 4.78 is 7.16. The number of unbranched alkanes of at least 4 members (excludes halogenated alkanes) is 2. The number of nitrogens with two attached hydrogens (primary N) is 1. The normalized spacial score (nSPS) is 10.1. The van der Waals surface area contributed by atoms with Crippen LogP contribution in [0, 0.1) is 13.8 Å². The molecule has 0 aromatic carbocycles. The SMILES string of the molecule is CCCCCc1nc(N)c2nc(OC)n(CC)c2n1.[CH2-]CNC[CH2-].[Y]. The Kier molecular flexibility index (Phi) is 13.0. The summed E-state index contributed by atoms with van der Waals surface area (Å²) in [6, 6.07) is 0.532. The standard InChI is InChI=1S/C13H21N5O.C4H9N.Y/c1-4-6-7-8-9-15-11(14)10-12(16-9)18(5-2)13(17-10)19-3;1-3-5-4-2;/h4-8H2,1-3H3,(H2,14,15,16);5H,1-4H2;/q;-2;. The first-order valence-corrected chi connectivity index (χ1v) is 8.48. The van der Waals surface area contributed by atoms with Crippen molar-refractivity contribution >= 4 is 17.0 Å². The number of hydrogen-bond donors (Lipinski definition) is 2. The molecular formula is C17H30N6OY-2. The zero-order valence-corrected chi connectivity index (χ0v) is 18.6. The third-order valence-corrected chi connectivity index (χ3v) is 3.49. The molecule has 0 aliphatic heterocycles. The maximum atomic E-state index is 5.97. The average molecular weight is 423 g/mol. The molecule has 0 saturated heterocycles. The van der Waals surface area contributed by atoms with Gasteiger partial charge in [0.15, 0.2) is 17.0 Å². The smallest absolute Gasteiger partial charge is 0.298 e. The maximum absolute atomic E-state index is 5.97. The zero-order chi connectivity index (χ0) is 17.9. The largest absolute Gasteiger partial charge is 0.468 e. The fourth-order valence-electron chi connectivity index (χ4n) is 2.26. The molecule has 2 rings (SSSR count). The molecule has 0 fully saturated rings. The Bertz CT molecular complexity index is 615. The van der Waals surface area contributed by atoms with Gasteiger partial charge < -0.3 is 29.6 Å². The van der Waals surface area contributed by atoms with Gasteiger partial charge in [0.1, 0.15) is 5.82 Å². The number of aryl methyl sites for hydroxylation is 2. The van der Waals surface area contributed by atoms with Crippen LogP contribution < -0.4 is 15.8 Å². The molecule has 0 unspecified atom stereocenters. The molecule has 2 aromatic heterocycles. The molecule has 3 N–H and O–H groups in total. The van der Waals surface area contributed by atoms with E-state index in [1.165, 1.54) is 12.8 Å². The molecule has 0 aliphatic rings. The Morgan fingerprint density at radius 2 is 1.80 bits per heavy atom. The van der Waals surface area contributed by atoms with Crippen LogP contribution >= 0.6 is 0 Å². The second-order valence-electron chi connectivity index (χ2n) is 5.25. The molecule has 0 aliphatic carbocycles. The van der Waals surface area contributed by atoms with Crippen molar-refractivity contribution in [3.05, 3.63) is 19.7 Å². The number of hydrogen-bond acceptors (Lipinski definition) is 6. The molecule has 0 amide bonds. The Morgan fingerprint density at radius 1 is 1.12 bits per heavy atom. The van der Waals surface area contributed by atoms with Gasteiger partial charge in [-0.05, 0) is 13.3 Å². The molecule has 0 bridgehead atoms. The molecule has 25 heavy (non-hydrogen) atoms. The van der Waals surface area contributed by atoms with E-state index in [9.17, 15) is 0 Å². The van der Waals surface area contributed by atoms with Gasteiger partial charge in [-0.3, -0.25) is 4.57 Å². The molecule has 2 aromatic rings. The Balaban J connectivity index is 0.000000848. The number of fused-ring (bicyclic) bond motifs is 1. The van der Waals surface area contributed by atoms with Crippen molar-refractivity contribution in [1.29, 1.82) is 0 Å². The van der Waals surface area contributed by atoms with Crippen LogP contribution in [0.2, 0.25) is 0 Å². The number of aromatic nitrogens is 4. The summed E-state index contributed by atoms with van der Waals surface area (Å²) in [6.45, 7) is 13.6. The van der Waals surface area contributed by atoms with E-state index in [4.69, 9.17) is 10.5 Å². The van der Waals surface area contributed by atoms with Crippen LogP contribution in [0.4, 0.5) is 5.82 Å². The third-order valence-electron chi connectivity index (χ3n) is 3.49. The molecule has 7 nitrogen and oxygen atoms in total. The van der Waals surface area contributed by atoms with E-state index in [0.29, 0.717) is 17.3 Å². The number of nitrogens with one attached hydrogen (secondary N) is 1. The first kappa shape index (κ1) is 24.2. The van der Waals surface area contributed by atoms with Crippen LogP contribution in [-0.4, -0.2) is 39.7 Å². The van der Waals surface area contributed by atoms with Crippen molar-refractivity contribution < 1.29 is 37.4 Å². The molecule has 1 radical (unpaired) electrons. The Morgan fingerprint density at radius 3 is 2.28 bits per heavy atom. The van der Waals surface area contributed by atoms with E-state index < -0.39 is 0 Å². The van der Waals surface area contributed by atoms with Crippen molar-refractivity contribution in [3.8, 4) is 6.01 Å². The van der Waals surface area contributed by atoms with Crippen LogP contribution in [0.25, 0.3) is 11.2 Å². The van der Waals surface area contributed by atoms with Crippen molar-refractivity contribution in [1.82, 2.24) is 24.8 Å². The Labute approximate surface area is 176 Å². The van der Waals surface area contributed by atoms with Crippen LogP contribution in [0.15, 0.2) is 0 Å². The van der Waals surface area contributed by atoms with E-state index in [0.717, 1.165) is 43.9 Å². The summed E-state index contributed by atoms with van der Waals surface area (Å²) in [5.74, 6) is 1.22. The fraction of sp³-hybridized carbons (Fsp3) is 0.588. The molecule has 8 heteroatoms. The van der Waals surface area contributed by atoms with Gasteiger partial charge in [0.2, 0.25) is 0 Å². The molecule has 0 saturated carbocycles. The monoisotopic (exact) mass is 423 g/mol. The quantitative estimate of drug-likeness (QED) is 0.501. The van der Waals surface area contributed by atoms with E-state index >= 15 is 0 Å². The van der Waals surface area contributed by atoms with Gasteiger partial charge in [0.25, 0.3) is 6.01 Å². The number of ether oxygens (including phenoxy) is 1. The molecular weight excluding hydrogens is 393 g/mol. The number of nitrogen functional groups attached to an aromatic ring is 1. The van der Waals surface area contributed by atoms with Crippen molar-refractivity contribution in [2.75, 3.05) is 25.9 Å². The predicted molar refractivity (Wildman–Crippen MR) is 98.8 cm³/mol. The number of anilines is 1. The fourth-order valence-corrected chi connectivity index (χ4v) is 2.26. The number of methoxy groups -OCH3 is 1. The summed E-state index contributed by atoms with van der Waals surface area (Å²) in [4.78, 5) is 13.2. The van der Waals surface area contributed by atoms with Gasteiger partial charge in [-0.2, -0.15) is 4.98 Å². The summed E-state index contributed by atoms with van der Waals surface area (Å²) in [5.41, 5.74) is 7.36. The van der Waals surface area contributed by atoms with Gasteiger partial charge in [-0.25, -0.2) is 9.97 Å². The van der Waals surface area contributed by atoms with E-state index in [1.54, 1.807) is 7.11 Å². The second-order valence-corrected chi connectivity index (χ2v) is 5.25. The van der Waals surface area contributed by atoms with Crippen LogP contribution in [0.1, 0.15) is 38.9 Å². The third kappa shape index (κ3) is 7.15. The molecule has 2 heterocycles. The van der Waals surface area contributed by atoms with Crippen LogP contribution in [0.5, 0.6) is 6.01 Å². The summed E-state index contributed by atoms with van der Waals surface area (Å²) in [5, 5.41) is 2.89. The number of nitrogens with zero attached hydrogens (tertiary/aromatic N) is 4. The van der Waals surface area contributed by atoms with Gasteiger partial charge in [-0.15, -0.1) is 13.1 Å². The summed E-state index contributed by atoms with van der Waals surface area (Å²) in [6.07, 6.45) is 4.29. The van der Waals surface area contributed by atoms with Crippen molar-refractivity contribution in [3.63, 3.8) is 0 Å². The minimum atomic E-state index is 0. The van der Waals surface area contributed by atoms with Crippen LogP contribution in [0.3, 0.4) is 0 Å². The van der Waals surface area contributed by atoms with Crippen molar-refractivity contribution in [2.45, 2.75) is 46.1 Å². The zero-order valence-electron chi connectivity index (χ0n) is 15.7. The van der Waals surface area contributed by atoms with Gasteiger partial charge in [-0.1, -0.05) is 19.8 Å². The first-order chi connectivity index (χ1) is 11.6. The minimum absolute atomic E-state index is 0. The minimum Gasteiger partial charge on any atom is -0.468 e. The van der Waals surface area contributed by atoms with Crippen molar-refractivity contribution in [2.24, 2.45) is 0 Å². The average Bonchev–Trinajstić information content (AvgIpc) is 2.94. The molecule has 0 spiro atoms. The predicted octanol–water partition coefficient (Wildman–Crippen LogP) is 2.41. The Hall–Kier alpha value is -0.786. The number of imidazole rings is 1. The van der Waals surface area contributed by atoms with E-state index in [2.05, 4.69) is 41.0 Å². The number of rotatable bonds is 8. The van der Waals surface area contributed by atoms with Gasteiger partial charge in [0.05, 0.1) is 7.11 Å². The van der Waals surface area contributed by atoms with E-state index in [1.807, 2.05) is 11.5 Å². The summed E-state index contributed by atoms with van der Waals surface area (Å²) >= 11 is 0. The molecule has 139 valence electrons. The first-order valence-electron chi connectivity index (χ1n) is 8.48. The van der Waals surface area contributed by atoms with Crippen LogP contribution in [-0.2, 0) is 45.7 Å². The van der Waals surface area contributed by atoms with E-state index in [-0.39, 0.29) is 32.7 Å². The molecule has 0 atom stereocenters. The summed E-state index contributed by atoms with van der Waals surface area (Å²) in [7, 11) is 1.60. The second kappa shape index (κ2) is 13.4. The maximum Gasteiger partial charge on any atom is 0.298 e.